The Kier molecular flexibility index (Phi) is 4.95. The highest BCUT2D eigenvalue weighted by Crippen LogP contribution is 2.21. The standard InChI is InChI=1S/C15H22N4S/c1-5-16-15-17-10-11(2)14(18-15)19(4)12(3)9-13-7-6-8-20-13/h6-8,10,12H,5,9H2,1-4H3,(H,16,17,18). The number of hydrogen-bond donors (Lipinski definition) is 1. The van der Waals surface area contributed by atoms with Crippen LogP contribution in [0.4, 0.5) is 11.8 Å². The van der Waals surface area contributed by atoms with Crippen LogP contribution in [0.1, 0.15) is 24.3 Å². The molecule has 0 aliphatic heterocycles. The molecule has 0 aliphatic carbocycles. The summed E-state index contributed by atoms with van der Waals surface area (Å²) in [6.07, 6.45) is 2.92. The van der Waals surface area contributed by atoms with Gasteiger partial charge in [-0.05, 0) is 32.2 Å². The maximum Gasteiger partial charge on any atom is 0.224 e. The van der Waals surface area contributed by atoms with Crippen LogP contribution in [-0.2, 0) is 6.42 Å². The minimum atomic E-state index is 0.400. The van der Waals surface area contributed by atoms with Crippen LogP contribution in [0.2, 0.25) is 0 Å². The summed E-state index contributed by atoms with van der Waals surface area (Å²) in [6, 6.07) is 4.69. The number of nitrogens with one attached hydrogen (secondary N) is 1. The third kappa shape index (κ3) is 3.48. The Labute approximate surface area is 124 Å². The second-order valence-corrected chi connectivity index (χ2v) is 6.01. The van der Waals surface area contributed by atoms with Gasteiger partial charge in [0, 0.05) is 42.7 Å². The number of thiophene rings is 1. The van der Waals surface area contributed by atoms with Gasteiger partial charge in [0.2, 0.25) is 5.95 Å². The molecule has 2 heterocycles. The van der Waals surface area contributed by atoms with Gasteiger partial charge in [-0.1, -0.05) is 6.07 Å². The van der Waals surface area contributed by atoms with Gasteiger partial charge in [-0.25, -0.2) is 4.98 Å². The van der Waals surface area contributed by atoms with Crippen molar-refractivity contribution >= 4 is 23.1 Å². The third-order valence-electron chi connectivity index (χ3n) is 3.35. The first-order chi connectivity index (χ1) is 9.61. The van der Waals surface area contributed by atoms with Crippen molar-refractivity contribution < 1.29 is 0 Å². The molecule has 2 aromatic rings. The number of anilines is 2. The van der Waals surface area contributed by atoms with E-state index >= 15 is 0 Å². The molecule has 0 aromatic carbocycles. The molecule has 0 saturated heterocycles. The van der Waals surface area contributed by atoms with Gasteiger partial charge in [0.05, 0.1) is 0 Å². The molecule has 108 valence electrons. The molecule has 0 bridgehead atoms. The number of likely N-dealkylation sites (N-methyl/N-ethyl adjacent to an activating group) is 1. The van der Waals surface area contributed by atoms with E-state index < -0.39 is 0 Å². The Morgan fingerprint density at radius 3 is 2.90 bits per heavy atom. The van der Waals surface area contributed by atoms with Crippen molar-refractivity contribution in [2.45, 2.75) is 33.2 Å². The fraction of sp³-hybridized carbons (Fsp3) is 0.467. The number of hydrogen-bond acceptors (Lipinski definition) is 5. The summed E-state index contributed by atoms with van der Waals surface area (Å²) in [4.78, 5) is 12.6. The minimum absolute atomic E-state index is 0.400. The lowest BCUT2D eigenvalue weighted by molar-refractivity contribution is 0.677. The van der Waals surface area contributed by atoms with Crippen molar-refractivity contribution in [3.63, 3.8) is 0 Å². The van der Waals surface area contributed by atoms with E-state index in [2.05, 4.69) is 58.6 Å². The van der Waals surface area contributed by atoms with Gasteiger partial charge in [-0.2, -0.15) is 4.98 Å². The molecule has 0 amide bonds. The van der Waals surface area contributed by atoms with Gasteiger partial charge >= 0.3 is 0 Å². The predicted octanol–water partition coefficient (Wildman–Crippen LogP) is 3.35. The van der Waals surface area contributed by atoms with Crippen LogP contribution in [0.15, 0.2) is 23.7 Å². The van der Waals surface area contributed by atoms with Gasteiger partial charge < -0.3 is 10.2 Å². The molecule has 1 N–H and O–H groups in total. The molecule has 5 heteroatoms. The van der Waals surface area contributed by atoms with Crippen LogP contribution in [0.5, 0.6) is 0 Å². The second-order valence-electron chi connectivity index (χ2n) is 4.97. The van der Waals surface area contributed by atoms with Gasteiger partial charge in [-0.3, -0.25) is 0 Å². The highest BCUT2D eigenvalue weighted by molar-refractivity contribution is 7.09. The lowest BCUT2D eigenvalue weighted by Gasteiger charge is -2.27. The van der Waals surface area contributed by atoms with Crippen molar-refractivity contribution in [2.75, 3.05) is 23.8 Å². The summed E-state index contributed by atoms with van der Waals surface area (Å²) >= 11 is 1.81. The van der Waals surface area contributed by atoms with E-state index in [4.69, 9.17) is 0 Å². The molecule has 4 nitrogen and oxygen atoms in total. The van der Waals surface area contributed by atoms with E-state index in [0.29, 0.717) is 12.0 Å². The van der Waals surface area contributed by atoms with E-state index in [-0.39, 0.29) is 0 Å². The minimum Gasteiger partial charge on any atom is -0.356 e. The average molecular weight is 290 g/mol. The zero-order chi connectivity index (χ0) is 14.5. The molecular formula is C15H22N4S. The van der Waals surface area contributed by atoms with E-state index in [1.54, 1.807) is 0 Å². The van der Waals surface area contributed by atoms with Crippen molar-refractivity contribution in [1.29, 1.82) is 0 Å². The first-order valence-corrected chi connectivity index (χ1v) is 7.82. The Balaban J connectivity index is 2.14. The van der Waals surface area contributed by atoms with Crippen LogP contribution >= 0.6 is 11.3 Å². The first kappa shape index (κ1) is 14.8. The van der Waals surface area contributed by atoms with Gasteiger partial charge in [-0.15, -0.1) is 11.3 Å². The van der Waals surface area contributed by atoms with Gasteiger partial charge in [0.1, 0.15) is 5.82 Å². The van der Waals surface area contributed by atoms with Crippen molar-refractivity contribution in [3.8, 4) is 0 Å². The Morgan fingerprint density at radius 1 is 1.45 bits per heavy atom. The molecule has 0 saturated carbocycles. The maximum absolute atomic E-state index is 4.62. The highest BCUT2D eigenvalue weighted by Gasteiger charge is 2.15. The molecule has 0 spiro atoms. The fourth-order valence-corrected chi connectivity index (χ4v) is 2.93. The summed E-state index contributed by atoms with van der Waals surface area (Å²) in [5.74, 6) is 1.70. The van der Waals surface area contributed by atoms with Crippen molar-refractivity contribution in [1.82, 2.24) is 9.97 Å². The quantitative estimate of drug-likeness (QED) is 0.886. The van der Waals surface area contributed by atoms with E-state index in [1.807, 2.05) is 24.5 Å². The second kappa shape index (κ2) is 6.70. The molecule has 2 aromatic heterocycles. The molecule has 1 atom stereocenters. The largest absolute Gasteiger partial charge is 0.356 e. The van der Waals surface area contributed by atoms with Crippen LogP contribution in [0, 0.1) is 6.92 Å². The molecule has 0 radical (unpaired) electrons. The van der Waals surface area contributed by atoms with Gasteiger partial charge in [0.25, 0.3) is 0 Å². The van der Waals surface area contributed by atoms with Crippen LogP contribution < -0.4 is 10.2 Å². The van der Waals surface area contributed by atoms with E-state index in [1.165, 1.54) is 4.88 Å². The fourth-order valence-electron chi connectivity index (χ4n) is 2.10. The molecular weight excluding hydrogens is 268 g/mol. The number of nitrogens with zero attached hydrogens (tertiary/aromatic N) is 3. The summed E-state index contributed by atoms with van der Waals surface area (Å²) in [6.45, 7) is 7.16. The van der Waals surface area contributed by atoms with E-state index in [0.717, 1.165) is 24.3 Å². The Bertz CT molecular complexity index is 539. The summed E-state index contributed by atoms with van der Waals surface area (Å²) in [7, 11) is 2.10. The predicted molar refractivity (Wildman–Crippen MR) is 86.8 cm³/mol. The topological polar surface area (TPSA) is 41.1 Å². The van der Waals surface area contributed by atoms with Crippen LogP contribution in [0.3, 0.4) is 0 Å². The van der Waals surface area contributed by atoms with Crippen molar-refractivity contribution in [3.05, 3.63) is 34.2 Å². The molecule has 0 fully saturated rings. The Hall–Kier alpha value is -1.62. The monoisotopic (exact) mass is 290 g/mol. The summed E-state index contributed by atoms with van der Waals surface area (Å²) in [5.41, 5.74) is 1.10. The van der Waals surface area contributed by atoms with E-state index in [9.17, 15) is 0 Å². The molecule has 0 aliphatic rings. The summed E-state index contributed by atoms with van der Waals surface area (Å²) in [5, 5.41) is 5.29. The lowest BCUT2D eigenvalue weighted by atomic mass is 10.1. The Morgan fingerprint density at radius 2 is 2.25 bits per heavy atom. The highest BCUT2D eigenvalue weighted by atomic mass is 32.1. The van der Waals surface area contributed by atoms with Crippen LogP contribution in [0.25, 0.3) is 0 Å². The normalized spacial score (nSPS) is 12.2. The van der Waals surface area contributed by atoms with Gasteiger partial charge in [0.15, 0.2) is 0 Å². The smallest absolute Gasteiger partial charge is 0.224 e. The van der Waals surface area contributed by atoms with Crippen molar-refractivity contribution in [2.24, 2.45) is 0 Å². The maximum atomic E-state index is 4.62. The molecule has 1 unspecified atom stereocenters. The zero-order valence-corrected chi connectivity index (χ0v) is 13.4. The average Bonchev–Trinajstić information content (AvgIpc) is 2.93. The summed E-state index contributed by atoms with van der Waals surface area (Å²) < 4.78 is 0. The van der Waals surface area contributed by atoms with Crippen LogP contribution in [-0.4, -0.2) is 29.6 Å². The number of aromatic nitrogens is 2. The first-order valence-electron chi connectivity index (χ1n) is 6.94. The lowest BCUT2D eigenvalue weighted by Crippen LogP contribution is -2.32. The molecule has 2 rings (SSSR count). The number of aryl methyl sites for hydroxylation is 1. The third-order valence-corrected chi connectivity index (χ3v) is 4.25. The number of rotatable bonds is 6. The molecule has 20 heavy (non-hydrogen) atoms. The SMILES string of the molecule is CCNc1ncc(C)c(N(C)C(C)Cc2cccs2)n1. The zero-order valence-electron chi connectivity index (χ0n) is 12.6.